The fraction of sp³-hybridized carbons (Fsp3) is 0.190. The number of aliphatic imine (C=N–C) groups is 1. The molecule has 2 aromatic rings. The monoisotopic (exact) mass is 349 g/mol. The summed E-state index contributed by atoms with van der Waals surface area (Å²) < 4.78 is 28.1. The third-order valence-corrected chi connectivity index (χ3v) is 3.94. The first-order chi connectivity index (χ1) is 12.2. The number of halogens is 2. The van der Waals surface area contributed by atoms with Gasteiger partial charge in [0, 0.05) is 11.1 Å². The van der Waals surface area contributed by atoms with Gasteiger partial charge in [-0.2, -0.15) is 0 Å². The van der Waals surface area contributed by atoms with E-state index in [-0.39, 0.29) is 11.1 Å². The number of hydrogen-bond donors (Lipinski definition) is 0. The van der Waals surface area contributed by atoms with Crippen LogP contribution >= 0.6 is 12.2 Å². The topological polar surface area (TPSA) is 12.4 Å². The maximum Gasteiger partial charge on any atom is 0.143 e. The smallest absolute Gasteiger partial charge is 0.143 e. The van der Waals surface area contributed by atoms with Crippen LogP contribution in [0.1, 0.15) is 35.1 Å². The van der Waals surface area contributed by atoms with Crippen LogP contribution in [0, 0.1) is 41.4 Å². The normalized spacial score (nSPS) is 12.2. The Bertz CT molecular complexity index is 938. The fourth-order valence-corrected chi connectivity index (χ4v) is 2.44. The van der Waals surface area contributed by atoms with E-state index in [0.29, 0.717) is 0 Å². The summed E-state index contributed by atoms with van der Waals surface area (Å²) in [6.45, 7) is 0. The molecule has 1 fully saturated rings. The molecule has 2 aromatic carbocycles. The highest BCUT2D eigenvalue weighted by Crippen LogP contribution is 2.32. The highest BCUT2D eigenvalue weighted by atomic mass is 32.1. The molecule has 1 saturated carbocycles. The lowest BCUT2D eigenvalue weighted by atomic mass is 10.1. The summed E-state index contributed by atoms with van der Waals surface area (Å²) >= 11 is 4.37. The van der Waals surface area contributed by atoms with Crippen molar-refractivity contribution < 1.29 is 8.78 Å². The Morgan fingerprint density at radius 3 is 2.24 bits per heavy atom. The van der Waals surface area contributed by atoms with Crippen LogP contribution in [0.15, 0.2) is 41.4 Å². The van der Waals surface area contributed by atoms with Gasteiger partial charge in [-0.3, -0.25) is 0 Å². The predicted molar refractivity (Wildman–Crippen MR) is 97.1 cm³/mol. The largest absolute Gasteiger partial charge is 0.205 e. The van der Waals surface area contributed by atoms with Gasteiger partial charge in [-0.25, -0.2) is 8.78 Å². The molecule has 25 heavy (non-hydrogen) atoms. The van der Waals surface area contributed by atoms with Crippen molar-refractivity contribution in [2.75, 3.05) is 0 Å². The average Bonchev–Trinajstić information content (AvgIpc) is 3.40. The maximum absolute atomic E-state index is 14.1. The molecule has 1 aliphatic rings. The second-order valence-corrected chi connectivity index (χ2v) is 6.03. The van der Waals surface area contributed by atoms with E-state index < -0.39 is 11.6 Å². The summed E-state index contributed by atoms with van der Waals surface area (Å²) in [5.41, 5.74) is 1.88. The Labute approximate surface area is 150 Å². The third kappa shape index (κ3) is 4.85. The van der Waals surface area contributed by atoms with Crippen LogP contribution in [-0.2, 0) is 6.42 Å². The van der Waals surface area contributed by atoms with Gasteiger partial charge in [0.25, 0.3) is 0 Å². The Kier molecular flexibility index (Phi) is 5.36. The van der Waals surface area contributed by atoms with E-state index in [4.69, 9.17) is 0 Å². The van der Waals surface area contributed by atoms with Gasteiger partial charge in [0.2, 0.25) is 0 Å². The van der Waals surface area contributed by atoms with Crippen molar-refractivity contribution >= 4 is 17.4 Å². The molecule has 0 bridgehead atoms. The molecule has 4 heteroatoms. The third-order valence-electron chi connectivity index (χ3n) is 3.85. The minimum absolute atomic E-state index is 0.166. The summed E-state index contributed by atoms with van der Waals surface area (Å²) in [7, 11) is 0. The molecule has 0 spiro atoms. The lowest BCUT2D eigenvalue weighted by Gasteiger charge is -2.00. The fourth-order valence-electron chi connectivity index (χ4n) is 2.39. The zero-order valence-corrected chi connectivity index (χ0v) is 14.1. The maximum atomic E-state index is 14.1. The summed E-state index contributed by atoms with van der Waals surface area (Å²) in [4.78, 5) is 3.38. The molecular weight excluding hydrogens is 336 g/mol. The summed E-state index contributed by atoms with van der Waals surface area (Å²) in [6.07, 6.45) is 3.70. The number of thiocarbonyl (C=S) groups is 1. The van der Waals surface area contributed by atoms with Crippen molar-refractivity contribution in [3.63, 3.8) is 0 Å². The molecule has 0 aliphatic heterocycles. The first-order valence-electron chi connectivity index (χ1n) is 7.83. The molecule has 1 nitrogen and oxygen atoms in total. The number of benzene rings is 2. The van der Waals surface area contributed by atoms with Crippen molar-refractivity contribution in [2.45, 2.75) is 19.3 Å². The summed E-state index contributed by atoms with van der Waals surface area (Å²) in [5.74, 6) is 7.15. The first kappa shape index (κ1) is 17.1. The van der Waals surface area contributed by atoms with Gasteiger partial charge in [0.1, 0.15) is 11.6 Å². The van der Waals surface area contributed by atoms with E-state index >= 15 is 0 Å². The van der Waals surface area contributed by atoms with E-state index in [0.717, 1.165) is 30.0 Å². The van der Waals surface area contributed by atoms with E-state index in [1.54, 1.807) is 0 Å². The predicted octanol–water partition coefficient (Wildman–Crippen LogP) is 4.73. The molecule has 0 atom stereocenters. The molecule has 1 aliphatic carbocycles. The van der Waals surface area contributed by atoms with Crippen LogP contribution in [0.4, 0.5) is 8.78 Å². The van der Waals surface area contributed by atoms with Gasteiger partial charge in [0.15, 0.2) is 0 Å². The minimum Gasteiger partial charge on any atom is -0.205 e. The molecule has 0 saturated heterocycles. The van der Waals surface area contributed by atoms with E-state index in [1.165, 1.54) is 18.4 Å². The van der Waals surface area contributed by atoms with Crippen molar-refractivity contribution in [1.82, 2.24) is 0 Å². The van der Waals surface area contributed by atoms with Crippen LogP contribution in [0.5, 0.6) is 0 Å². The number of hydrogen-bond acceptors (Lipinski definition) is 2. The Hall–Kier alpha value is -2.78. The quantitative estimate of drug-likeness (QED) is 0.434. The van der Waals surface area contributed by atoms with Gasteiger partial charge >= 0.3 is 0 Å². The number of nitrogens with zero attached hydrogens (tertiary/aromatic N) is 1. The highest BCUT2D eigenvalue weighted by molar-refractivity contribution is 7.78. The average molecular weight is 349 g/mol. The van der Waals surface area contributed by atoms with Crippen molar-refractivity contribution in [1.29, 1.82) is 0 Å². The van der Waals surface area contributed by atoms with Gasteiger partial charge in [-0.1, -0.05) is 24.0 Å². The Balaban J connectivity index is 1.79. The first-order valence-corrected chi connectivity index (χ1v) is 8.24. The van der Waals surface area contributed by atoms with Gasteiger partial charge in [-0.15, -0.1) is 4.99 Å². The van der Waals surface area contributed by atoms with Gasteiger partial charge in [0.05, 0.1) is 16.8 Å². The molecule has 0 radical (unpaired) electrons. The van der Waals surface area contributed by atoms with Gasteiger partial charge in [-0.05, 0) is 73.1 Å². The lowest BCUT2D eigenvalue weighted by Crippen LogP contribution is -1.92. The molecule has 0 amide bonds. The SMILES string of the molecule is Fc1cc(C#CN=C=S)cc(F)c1C#Cc1ccc(CC2CC2)cc1. The number of isothiocyanates is 1. The number of rotatable bonds is 2. The molecule has 3 rings (SSSR count). The van der Waals surface area contributed by atoms with E-state index in [9.17, 15) is 8.78 Å². The van der Waals surface area contributed by atoms with Crippen molar-refractivity contribution in [3.05, 3.63) is 70.3 Å². The minimum atomic E-state index is -0.756. The Morgan fingerprint density at radius 2 is 1.64 bits per heavy atom. The molecule has 0 N–H and O–H groups in total. The second kappa shape index (κ2) is 7.86. The van der Waals surface area contributed by atoms with Crippen molar-refractivity contribution in [3.8, 4) is 23.8 Å². The van der Waals surface area contributed by atoms with Gasteiger partial charge < -0.3 is 0 Å². The lowest BCUT2D eigenvalue weighted by molar-refractivity contribution is 0.577. The molecule has 0 aromatic heterocycles. The van der Waals surface area contributed by atoms with Crippen LogP contribution in [0.25, 0.3) is 0 Å². The second-order valence-electron chi connectivity index (χ2n) is 5.85. The molecule has 0 heterocycles. The molecule has 122 valence electrons. The summed E-state index contributed by atoms with van der Waals surface area (Å²) in [5, 5.41) is 2.06. The van der Waals surface area contributed by atoms with Crippen LogP contribution in [0.2, 0.25) is 0 Å². The highest BCUT2D eigenvalue weighted by Gasteiger charge is 2.21. The summed E-state index contributed by atoms with van der Waals surface area (Å²) in [6, 6.07) is 12.3. The van der Waals surface area contributed by atoms with Crippen LogP contribution < -0.4 is 0 Å². The zero-order chi connectivity index (χ0) is 17.6. The van der Waals surface area contributed by atoms with Crippen molar-refractivity contribution in [2.24, 2.45) is 10.9 Å². The van der Waals surface area contributed by atoms with E-state index in [1.807, 2.05) is 24.3 Å². The standard InChI is InChI=1S/C21H13F2NS/c22-20-12-18(9-10-24-14-25)13-21(23)19(20)8-7-15-1-3-16(4-2-15)11-17-5-6-17/h1-4,12-13,17H,5-6,11H2. The Morgan fingerprint density at radius 1 is 0.960 bits per heavy atom. The van der Waals surface area contributed by atoms with E-state index in [2.05, 4.69) is 46.2 Å². The molecule has 0 unspecified atom stereocenters. The van der Waals surface area contributed by atoms with Crippen LogP contribution in [0.3, 0.4) is 0 Å². The zero-order valence-electron chi connectivity index (χ0n) is 13.3. The van der Waals surface area contributed by atoms with Crippen LogP contribution in [-0.4, -0.2) is 5.16 Å². The molecular formula is C21H13F2NS.